The lowest BCUT2D eigenvalue weighted by Gasteiger charge is -2.67. The van der Waals surface area contributed by atoms with Crippen molar-refractivity contribution in [2.24, 2.45) is 11.8 Å². The molecule has 2 bridgehead atoms. The average Bonchev–Trinajstić information content (AvgIpc) is 2.87. The van der Waals surface area contributed by atoms with Gasteiger partial charge in [-0.05, 0) is 48.4 Å². The molecule has 4 aliphatic rings. The van der Waals surface area contributed by atoms with Gasteiger partial charge in [0.15, 0.2) is 0 Å². The summed E-state index contributed by atoms with van der Waals surface area (Å²) in [5.74, 6) is 0.233. The van der Waals surface area contributed by atoms with Crippen molar-refractivity contribution in [2.75, 3.05) is 32.8 Å². The largest absolute Gasteiger partial charge is 0.506 e. The molecule has 3 aromatic heterocycles. The summed E-state index contributed by atoms with van der Waals surface area (Å²) in [5.41, 5.74) is 1.07. The van der Waals surface area contributed by atoms with E-state index in [1.807, 2.05) is 12.1 Å². The Balaban J connectivity index is 1.43. The summed E-state index contributed by atoms with van der Waals surface area (Å²) in [7, 11) is 0. The molecule has 0 aromatic carbocycles. The SMILES string of the molecule is C[C@@H]1C2CC1(NC(=O)c1c(O)c3cc(-c4ccncc4)cnc3n(CCN3CCOCC3)c1=O)C2. The van der Waals surface area contributed by atoms with E-state index in [2.05, 4.69) is 27.1 Å². The average molecular weight is 476 g/mol. The van der Waals surface area contributed by atoms with Crippen molar-refractivity contribution in [3.05, 3.63) is 52.7 Å². The Morgan fingerprint density at radius 1 is 1.20 bits per heavy atom. The zero-order valence-electron chi connectivity index (χ0n) is 19.7. The van der Waals surface area contributed by atoms with Crippen LogP contribution >= 0.6 is 0 Å². The summed E-state index contributed by atoms with van der Waals surface area (Å²) >= 11 is 0. The Bertz CT molecular complexity index is 1340. The van der Waals surface area contributed by atoms with Gasteiger partial charge < -0.3 is 15.2 Å². The second-order valence-electron chi connectivity index (χ2n) is 10.0. The molecule has 9 nitrogen and oxygen atoms in total. The maximum Gasteiger partial charge on any atom is 0.268 e. The van der Waals surface area contributed by atoms with Gasteiger partial charge in [0.05, 0.1) is 18.6 Å². The van der Waals surface area contributed by atoms with Crippen LogP contribution in [0.4, 0.5) is 0 Å². The highest BCUT2D eigenvalue weighted by Gasteiger charge is 2.63. The number of nitrogens with zero attached hydrogens (tertiary/aromatic N) is 4. The standard InChI is InChI=1S/C26H29N5O4/c1-16-19-13-26(16,14-19)29-24(33)21-22(32)20-12-18(17-2-4-27-5-3-17)15-28-23(20)31(25(21)34)7-6-30-8-10-35-11-9-30/h2-5,12,15-16,19,32H,6-11,13-14H2,1H3,(H,29,33)/t16-,19?,26?/m1/s1. The predicted molar refractivity (Wildman–Crippen MR) is 130 cm³/mol. The number of hydrogen-bond acceptors (Lipinski definition) is 7. The third-order valence-corrected chi connectivity index (χ3v) is 8.25. The van der Waals surface area contributed by atoms with Gasteiger partial charge in [-0.1, -0.05) is 6.92 Å². The van der Waals surface area contributed by atoms with E-state index in [1.165, 1.54) is 4.57 Å². The first-order valence-electron chi connectivity index (χ1n) is 12.3. The minimum atomic E-state index is -0.510. The van der Waals surface area contributed by atoms with Gasteiger partial charge in [-0.25, -0.2) is 4.98 Å². The fraction of sp³-hybridized carbons (Fsp3) is 0.462. The molecular weight excluding hydrogens is 446 g/mol. The highest BCUT2D eigenvalue weighted by atomic mass is 16.5. The number of rotatable bonds is 6. The molecule has 0 unspecified atom stereocenters. The molecule has 1 saturated heterocycles. The molecule has 3 aromatic rings. The highest BCUT2D eigenvalue weighted by molar-refractivity contribution is 6.02. The van der Waals surface area contributed by atoms with Gasteiger partial charge in [0.1, 0.15) is 17.0 Å². The Morgan fingerprint density at radius 2 is 1.94 bits per heavy atom. The number of carbonyl (C=O) groups is 1. The molecule has 7 rings (SSSR count). The van der Waals surface area contributed by atoms with E-state index in [9.17, 15) is 14.7 Å². The van der Waals surface area contributed by atoms with Gasteiger partial charge in [-0.2, -0.15) is 0 Å². The fourth-order valence-electron chi connectivity index (χ4n) is 5.73. The Morgan fingerprint density at radius 3 is 2.60 bits per heavy atom. The molecule has 0 spiro atoms. The number of nitrogens with one attached hydrogen (secondary N) is 1. The lowest BCUT2D eigenvalue weighted by atomic mass is 9.43. The normalized spacial score (nSPS) is 25.6. The minimum Gasteiger partial charge on any atom is -0.506 e. The molecule has 4 fully saturated rings. The Kier molecular flexibility index (Phi) is 5.34. The predicted octanol–water partition coefficient (Wildman–Crippen LogP) is 2.02. The molecule has 35 heavy (non-hydrogen) atoms. The number of carbonyl (C=O) groups excluding carboxylic acids is 1. The second kappa shape index (κ2) is 8.42. The summed E-state index contributed by atoms with van der Waals surface area (Å²) in [6, 6.07) is 5.50. The van der Waals surface area contributed by atoms with Gasteiger partial charge in [-0.3, -0.25) is 24.0 Å². The number of hydrogen-bond donors (Lipinski definition) is 2. The van der Waals surface area contributed by atoms with Crippen LogP contribution in [0.15, 0.2) is 41.6 Å². The third kappa shape index (κ3) is 3.61. The molecule has 9 heteroatoms. The third-order valence-electron chi connectivity index (χ3n) is 8.25. The molecule has 4 heterocycles. The first-order valence-corrected chi connectivity index (χ1v) is 12.3. The first kappa shape index (κ1) is 22.2. The number of morpholine rings is 1. The highest BCUT2D eigenvalue weighted by Crippen LogP contribution is 2.61. The summed E-state index contributed by atoms with van der Waals surface area (Å²) in [6.45, 7) is 6.02. The minimum absolute atomic E-state index is 0.204. The van der Waals surface area contributed by atoms with Crippen molar-refractivity contribution >= 4 is 16.9 Å². The molecule has 0 radical (unpaired) electrons. The monoisotopic (exact) mass is 475 g/mol. The van der Waals surface area contributed by atoms with Crippen molar-refractivity contribution in [1.29, 1.82) is 0 Å². The van der Waals surface area contributed by atoms with E-state index in [0.29, 0.717) is 49.2 Å². The number of ether oxygens (including phenoxy) is 1. The first-order chi connectivity index (χ1) is 17.0. The van der Waals surface area contributed by atoms with E-state index < -0.39 is 11.5 Å². The number of aromatic hydroxyl groups is 1. The molecule has 3 saturated carbocycles. The molecule has 182 valence electrons. The number of pyridine rings is 3. The second-order valence-corrected chi connectivity index (χ2v) is 10.0. The number of fused-ring (bicyclic) bond motifs is 1. The van der Waals surface area contributed by atoms with Crippen LogP contribution in [0, 0.1) is 11.8 Å². The number of aromatic nitrogens is 3. The van der Waals surface area contributed by atoms with Gasteiger partial charge in [-0.15, -0.1) is 0 Å². The maximum atomic E-state index is 13.6. The van der Waals surface area contributed by atoms with E-state index in [1.54, 1.807) is 24.7 Å². The van der Waals surface area contributed by atoms with Crippen LogP contribution < -0.4 is 10.9 Å². The topological polar surface area (TPSA) is 110 Å². The molecule has 3 aliphatic carbocycles. The van der Waals surface area contributed by atoms with Gasteiger partial charge >= 0.3 is 0 Å². The zero-order valence-corrected chi connectivity index (χ0v) is 19.7. The molecule has 1 amide bonds. The lowest BCUT2D eigenvalue weighted by Crippen LogP contribution is -2.74. The fourth-order valence-corrected chi connectivity index (χ4v) is 5.73. The van der Waals surface area contributed by atoms with Gasteiger partial charge in [0.2, 0.25) is 0 Å². The molecule has 2 N–H and O–H groups in total. The van der Waals surface area contributed by atoms with Crippen LogP contribution in [0.1, 0.15) is 30.1 Å². The van der Waals surface area contributed by atoms with Crippen LogP contribution in [0.5, 0.6) is 5.75 Å². The summed E-state index contributed by atoms with van der Waals surface area (Å²) in [4.78, 5) is 37.8. The van der Waals surface area contributed by atoms with Crippen LogP contribution in [0.25, 0.3) is 22.2 Å². The summed E-state index contributed by atoms with van der Waals surface area (Å²) in [6.07, 6.45) is 6.93. The zero-order chi connectivity index (χ0) is 24.2. The lowest BCUT2D eigenvalue weighted by molar-refractivity contribution is -0.118. The quantitative estimate of drug-likeness (QED) is 0.561. The van der Waals surface area contributed by atoms with Crippen molar-refractivity contribution in [2.45, 2.75) is 31.8 Å². The number of amides is 1. The van der Waals surface area contributed by atoms with E-state index >= 15 is 0 Å². The summed E-state index contributed by atoms with van der Waals surface area (Å²) < 4.78 is 6.96. The van der Waals surface area contributed by atoms with Crippen molar-refractivity contribution in [1.82, 2.24) is 24.8 Å². The Labute approximate surface area is 202 Å². The Hall–Kier alpha value is -3.30. The van der Waals surface area contributed by atoms with Gasteiger partial charge in [0, 0.05) is 55.9 Å². The molecule has 1 aliphatic heterocycles. The van der Waals surface area contributed by atoms with Crippen LogP contribution in [0.2, 0.25) is 0 Å². The van der Waals surface area contributed by atoms with Crippen molar-refractivity contribution < 1.29 is 14.6 Å². The van der Waals surface area contributed by atoms with Crippen LogP contribution in [-0.4, -0.2) is 68.8 Å². The van der Waals surface area contributed by atoms with Crippen molar-refractivity contribution in [3.63, 3.8) is 0 Å². The smallest absolute Gasteiger partial charge is 0.268 e. The molecule has 1 atom stereocenters. The van der Waals surface area contributed by atoms with Gasteiger partial charge in [0.25, 0.3) is 11.5 Å². The van der Waals surface area contributed by atoms with Crippen LogP contribution in [-0.2, 0) is 11.3 Å². The summed E-state index contributed by atoms with van der Waals surface area (Å²) in [5, 5.41) is 14.7. The van der Waals surface area contributed by atoms with E-state index in [-0.39, 0.29) is 16.9 Å². The van der Waals surface area contributed by atoms with E-state index in [0.717, 1.165) is 37.1 Å². The van der Waals surface area contributed by atoms with Crippen LogP contribution in [0.3, 0.4) is 0 Å². The van der Waals surface area contributed by atoms with E-state index in [4.69, 9.17) is 4.74 Å². The van der Waals surface area contributed by atoms with Crippen molar-refractivity contribution in [3.8, 4) is 16.9 Å². The molecular formula is C26H29N5O4. The maximum absolute atomic E-state index is 13.6.